The molecule has 0 nitrogen and oxygen atoms in total. The van der Waals surface area contributed by atoms with Gasteiger partial charge in [-0.25, -0.2) is 0 Å². The van der Waals surface area contributed by atoms with Crippen molar-refractivity contribution in [1.82, 2.24) is 0 Å². The fourth-order valence-electron chi connectivity index (χ4n) is 1.06. The van der Waals surface area contributed by atoms with Crippen molar-refractivity contribution >= 4 is 19.0 Å². The monoisotopic (exact) mass is 116 g/mol. The first-order valence-corrected chi connectivity index (χ1v) is 7.00. The molecule has 1 fully saturated rings. The molecule has 1 aliphatic rings. The molecule has 0 N–H and O–H groups in total. The Labute approximate surface area is 44.0 Å². The van der Waals surface area contributed by atoms with Crippen LogP contribution in [0.5, 0.6) is 0 Å². The van der Waals surface area contributed by atoms with E-state index < -0.39 is 0 Å². The zero-order valence-corrected chi connectivity index (χ0v) is 7.07. The molecule has 0 saturated carbocycles. The van der Waals surface area contributed by atoms with Gasteiger partial charge in [-0.3, -0.25) is 0 Å². The second-order valence-electron chi connectivity index (χ2n) is 2.12. The summed E-state index contributed by atoms with van der Waals surface area (Å²) in [7, 11) is 1.09. The normalized spacial score (nSPS) is 32.0. The highest BCUT2D eigenvalue weighted by Gasteiger charge is 1.97. The van der Waals surface area contributed by atoms with Gasteiger partial charge < -0.3 is 0 Å². The Hall–Kier alpha value is 0.434. The summed E-state index contributed by atoms with van der Waals surface area (Å²) in [5.41, 5.74) is 0. The molecule has 1 aliphatic heterocycles. The predicted molar refractivity (Wildman–Crippen MR) is 36.3 cm³/mol. The van der Waals surface area contributed by atoms with Crippen LogP contribution in [0.15, 0.2) is 0 Å². The maximum absolute atomic E-state index is 1.70. The summed E-state index contributed by atoms with van der Waals surface area (Å²) in [4.78, 5) is 0. The molecule has 0 radical (unpaired) electrons. The molecule has 6 heavy (non-hydrogen) atoms. The predicted octanol–water partition coefficient (Wildman–Crippen LogP) is 0.0108. The minimum atomic E-state index is 0.543. The summed E-state index contributed by atoms with van der Waals surface area (Å²) in [6.07, 6.45) is 0. The highest BCUT2D eigenvalue weighted by Crippen LogP contribution is 2.04. The Balaban J connectivity index is 2.00. The van der Waals surface area contributed by atoms with E-state index in [1.54, 1.807) is 24.2 Å². The van der Waals surface area contributed by atoms with Crippen LogP contribution in [0.4, 0.5) is 0 Å². The third kappa shape index (κ3) is 1.26. The van der Waals surface area contributed by atoms with Crippen LogP contribution < -0.4 is 0 Å². The largest absolute Gasteiger partial charge is 0.0657 e. The molecule has 1 rings (SSSR count). The van der Waals surface area contributed by atoms with Crippen LogP contribution in [0, 0.1) is 0 Å². The van der Waals surface area contributed by atoms with E-state index in [0.29, 0.717) is 19.0 Å². The van der Waals surface area contributed by atoms with Crippen molar-refractivity contribution in [1.29, 1.82) is 0 Å². The highest BCUT2D eigenvalue weighted by molar-refractivity contribution is 6.48. The molecule has 0 unspecified atom stereocenters. The van der Waals surface area contributed by atoms with E-state index in [0.717, 1.165) is 0 Å². The van der Waals surface area contributed by atoms with Gasteiger partial charge in [-0.2, -0.15) is 0 Å². The first kappa shape index (κ1) is 4.59. The molecule has 1 heterocycles. The van der Waals surface area contributed by atoms with Gasteiger partial charge in [0.05, 0.1) is 0 Å². The van der Waals surface area contributed by atoms with Gasteiger partial charge >= 0.3 is 0 Å². The molecule has 0 amide bonds. The van der Waals surface area contributed by atoms with Crippen LogP contribution in [0.25, 0.3) is 0 Å². The van der Waals surface area contributed by atoms with Gasteiger partial charge in [-0.15, -0.1) is 0 Å². The van der Waals surface area contributed by atoms with Gasteiger partial charge in [0.25, 0.3) is 0 Å². The Morgan fingerprint density at radius 3 is 1.17 bits per heavy atom. The van der Waals surface area contributed by atoms with Gasteiger partial charge in [-0.05, 0) is 0 Å². The lowest BCUT2D eigenvalue weighted by molar-refractivity contribution is 1.25. The quantitative estimate of drug-likeness (QED) is 0.391. The molecule has 0 aromatic heterocycles. The fourth-order valence-corrected chi connectivity index (χ4v) is 7.42. The minimum Gasteiger partial charge on any atom is -0.0657 e. The lowest BCUT2D eigenvalue weighted by Crippen LogP contribution is -2.01. The average molecular weight is 116 g/mol. The van der Waals surface area contributed by atoms with Crippen molar-refractivity contribution in [3.63, 3.8) is 0 Å². The lowest BCUT2D eigenvalue weighted by Gasteiger charge is -2.04. The number of hydrogen-bond acceptors (Lipinski definition) is 0. The minimum absolute atomic E-state index is 0.543. The average Bonchev–Trinajstić information content (AvgIpc) is 1.72. The maximum Gasteiger partial charge on any atom is 0.0191 e. The smallest absolute Gasteiger partial charge is 0.0191 e. The van der Waals surface area contributed by atoms with Crippen LogP contribution in [0.2, 0.25) is 24.2 Å². The molecule has 1 saturated heterocycles. The zero-order chi connectivity index (χ0) is 4.24. The third-order valence-electron chi connectivity index (χ3n) is 1.50. The van der Waals surface area contributed by atoms with Crippen molar-refractivity contribution in [3.05, 3.63) is 0 Å². The van der Waals surface area contributed by atoms with E-state index in [2.05, 4.69) is 0 Å². The summed E-state index contributed by atoms with van der Waals surface area (Å²) in [6.45, 7) is 0. The van der Waals surface area contributed by atoms with Gasteiger partial charge in [0, 0.05) is 19.0 Å². The summed E-state index contributed by atoms with van der Waals surface area (Å²) in [5.74, 6) is 0. The number of rotatable bonds is 0. The van der Waals surface area contributed by atoms with E-state index in [4.69, 9.17) is 0 Å². The van der Waals surface area contributed by atoms with Gasteiger partial charge in [0.1, 0.15) is 0 Å². The van der Waals surface area contributed by atoms with Crippen LogP contribution in [-0.2, 0) is 0 Å². The van der Waals surface area contributed by atoms with Crippen molar-refractivity contribution in [2.75, 3.05) is 0 Å². The molecule has 0 atom stereocenters. The van der Waals surface area contributed by atoms with Gasteiger partial charge in [0.2, 0.25) is 0 Å². The van der Waals surface area contributed by atoms with Crippen molar-refractivity contribution in [3.8, 4) is 0 Å². The topological polar surface area (TPSA) is 0 Å². The van der Waals surface area contributed by atoms with Crippen molar-refractivity contribution < 1.29 is 0 Å². The Kier molecular flexibility index (Phi) is 1.97. The zero-order valence-electron chi connectivity index (χ0n) is 4.24. The van der Waals surface area contributed by atoms with E-state index in [1.807, 2.05) is 0 Å². The first-order chi connectivity index (χ1) is 3.00. The summed E-state index contributed by atoms with van der Waals surface area (Å²) >= 11 is 0. The SMILES string of the molecule is C1C[SiH2]CC[SiH2]1. The Morgan fingerprint density at radius 2 is 1.00 bits per heavy atom. The summed E-state index contributed by atoms with van der Waals surface area (Å²) in [5, 5.41) is 0. The molecule has 2 heteroatoms. The van der Waals surface area contributed by atoms with Gasteiger partial charge in [0.15, 0.2) is 0 Å². The Morgan fingerprint density at radius 1 is 0.667 bits per heavy atom. The second-order valence-corrected chi connectivity index (χ2v) is 6.36. The molecule has 0 spiro atoms. The third-order valence-corrected chi connectivity index (χ3v) is 7.50. The van der Waals surface area contributed by atoms with E-state index in [-0.39, 0.29) is 0 Å². The molecule has 36 valence electrons. The number of hydrogen-bond donors (Lipinski definition) is 0. The van der Waals surface area contributed by atoms with Crippen LogP contribution in [-0.4, -0.2) is 19.0 Å². The van der Waals surface area contributed by atoms with E-state index >= 15 is 0 Å². The van der Waals surface area contributed by atoms with Crippen LogP contribution in [0.1, 0.15) is 0 Å². The van der Waals surface area contributed by atoms with E-state index in [9.17, 15) is 0 Å². The van der Waals surface area contributed by atoms with Gasteiger partial charge in [-0.1, -0.05) is 24.2 Å². The molecular weight excluding hydrogens is 104 g/mol. The second kappa shape index (κ2) is 2.58. The molecule has 0 aromatic carbocycles. The van der Waals surface area contributed by atoms with Crippen LogP contribution in [0.3, 0.4) is 0 Å². The summed E-state index contributed by atoms with van der Waals surface area (Å²) in [6, 6.07) is 6.80. The highest BCUT2D eigenvalue weighted by atomic mass is 28.2. The molecule has 0 bridgehead atoms. The first-order valence-electron chi connectivity index (χ1n) is 3.00. The Bertz CT molecular complexity index is 21.0. The molecular formula is C4H12Si2. The molecule has 0 aromatic rings. The summed E-state index contributed by atoms with van der Waals surface area (Å²) < 4.78 is 0. The lowest BCUT2D eigenvalue weighted by atomic mass is 10.9. The molecule has 0 aliphatic carbocycles. The standard InChI is InChI=1S/C4H12Si2/c1-2-6-4-3-5-1/h1-6H2. The maximum atomic E-state index is 1.70. The van der Waals surface area contributed by atoms with Crippen LogP contribution >= 0.6 is 0 Å². The fraction of sp³-hybridized carbons (Fsp3) is 1.00. The van der Waals surface area contributed by atoms with Crippen molar-refractivity contribution in [2.24, 2.45) is 0 Å². The van der Waals surface area contributed by atoms with E-state index in [1.165, 1.54) is 0 Å². The van der Waals surface area contributed by atoms with Crippen molar-refractivity contribution in [2.45, 2.75) is 24.2 Å².